The van der Waals surface area contributed by atoms with E-state index in [1.54, 1.807) is 25.1 Å². The smallest absolute Gasteiger partial charge is 0.248 e. The van der Waals surface area contributed by atoms with Gasteiger partial charge in [-0.05, 0) is 66.6 Å². The predicted octanol–water partition coefficient (Wildman–Crippen LogP) is 5.02. The minimum atomic E-state index is -0.525. The Balaban J connectivity index is 2.31. The highest BCUT2D eigenvalue weighted by molar-refractivity contribution is 5.93. The minimum Gasteiger partial charge on any atom is -0.366 e. The van der Waals surface area contributed by atoms with Crippen LogP contribution in [0.2, 0.25) is 0 Å². The molecule has 0 heterocycles. The standard InChI is InChI=1S/C20H23F2NO/c1-12(2)5-4-6-17-18(21)10-15(11-19(17)22)16-8-7-14(20(23)24)9-13(16)3/h7-12H,4-6H2,1-3H3,(H2,23,24). The fraction of sp³-hybridized carbons (Fsp3) is 0.350. The van der Waals surface area contributed by atoms with E-state index in [1.807, 2.05) is 0 Å². The summed E-state index contributed by atoms with van der Waals surface area (Å²) in [6, 6.07) is 7.59. The molecule has 4 heteroatoms. The lowest BCUT2D eigenvalue weighted by molar-refractivity contribution is 0.1000. The number of rotatable bonds is 6. The molecule has 24 heavy (non-hydrogen) atoms. The van der Waals surface area contributed by atoms with Gasteiger partial charge in [0.05, 0.1) is 0 Å². The van der Waals surface area contributed by atoms with Crippen LogP contribution in [0.25, 0.3) is 11.1 Å². The van der Waals surface area contributed by atoms with Crippen LogP contribution >= 0.6 is 0 Å². The zero-order valence-electron chi connectivity index (χ0n) is 14.3. The van der Waals surface area contributed by atoms with E-state index in [4.69, 9.17) is 5.73 Å². The van der Waals surface area contributed by atoms with E-state index in [0.29, 0.717) is 29.0 Å². The third-order valence-corrected chi connectivity index (χ3v) is 4.17. The molecule has 0 fully saturated rings. The van der Waals surface area contributed by atoms with Gasteiger partial charge in [0.1, 0.15) is 11.6 Å². The van der Waals surface area contributed by atoms with Crippen LogP contribution in [-0.2, 0) is 6.42 Å². The summed E-state index contributed by atoms with van der Waals surface area (Å²) < 4.78 is 28.7. The van der Waals surface area contributed by atoms with Gasteiger partial charge in [-0.3, -0.25) is 4.79 Å². The number of aryl methyl sites for hydroxylation is 1. The predicted molar refractivity (Wildman–Crippen MR) is 92.8 cm³/mol. The van der Waals surface area contributed by atoms with Gasteiger partial charge in [0.15, 0.2) is 0 Å². The molecule has 0 bridgehead atoms. The SMILES string of the molecule is Cc1cc(C(N)=O)ccc1-c1cc(F)c(CCCC(C)C)c(F)c1. The minimum absolute atomic E-state index is 0.144. The molecule has 0 saturated carbocycles. The number of amides is 1. The molecule has 2 N–H and O–H groups in total. The number of halogens is 2. The maximum absolute atomic E-state index is 14.3. The second-order valence-electron chi connectivity index (χ2n) is 6.60. The van der Waals surface area contributed by atoms with Crippen LogP contribution in [0.1, 0.15) is 48.2 Å². The van der Waals surface area contributed by atoms with Gasteiger partial charge in [-0.1, -0.05) is 26.3 Å². The molecule has 0 atom stereocenters. The van der Waals surface area contributed by atoms with Gasteiger partial charge in [-0.2, -0.15) is 0 Å². The van der Waals surface area contributed by atoms with Crippen LogP contribution in [0.5, 0.6) is 0 Å². The van der Waals surface area contributed by atoms with Crippen molar-refractivity contribution in [3.63, 3.8) is 0 Å². The lowest BCUT2D eigenvalue weighted by Gasteiger charge is -2.12. The highest BCUT2D eigenvalue weighted by Crippen LogP contribution is 2.28. The Hall–Kier alpha value is -2.23. The van der Waals surface area contributed by atoms with Gasteiger partial charge in [-0.15, -0.1) is 0 Å². The van der Waals surface area contributed by atoms with Gasteiger partial charge in [0, 0.05) is 11.1 Å². The highest BCUT2D eigenvalue weighted by atomic mass is 19.1. The van der Waals surface area contributed by atoms with Crippen LogP contribution in [0.4, 0.5) is 8.78 Å². The quantitative estimate of drug-likeness (QED) is 0.793. The Morgan fingerprint density at radius 1 is 1.12 bits per heavy atom. The lowest BCUT2D eigenvalue weighted by Crippen LogP contribution is -2.11. The van der Waals surface area contributed by atoms with Crippen LogP contribution in [0.3, 0.4) is 0 Å². The average Bonchev–Trinajstić information content (AvgIpc) is 2.49. The molecule has 0 aliphatic rings. The molecule has 2 rings (SSSR count). The monoisotopic (exact) mass is 331 g/mol. The van der Waals surface area contributed by atoms with E-state index in [9.17, 15) is 13.6 Å². The van der Waals surface area contributed by atoms with Crippen LogP contribution in [0, 0.1) is 24.5 Å². The molecule has 0 spiro atoms. The van der Waals surface area contributed by atoms with Crippen molar-refractivity contribution in [1.82, 2.24) is 0 Å². The molecular weight excluding hydrogens is 308 g/mol. The van der Waals surface area contributed by atoms with E-state index >= 15 is 0 Å². The normalized spacial score (nSPS) is 11.1. The summed E-state index contributed by atoms with van der Waals surface area (Å²) in [5.41, 5.74) is 7.67. The first kappa shape index (κ1) is 18.1. The van der Waals surface area contributed by atoms with Gasteiger partial charge < -0.3 is 5.73 Å². The molecule has 2 aromatic carbocycles. The Morgan fingerprint density at radius 2 is 1.75 bits per heavy atom. The maximum Gasteiger partial charge on any atom is 0.248 e. The van der Waals surface area contributed by atoms with Gasteiger partial charge in [-0.25, -0.2) is 8.78 Å². The van der Waals surface area contributed by atoms with E-state index in [-0.39, 0.29) is 5.56 Å². The fourth-order valence-corrected chi connectivity index (χ4v) is 2.83. The van der Waals surface area contributed by atoms with Crippen molar-refractivity contribution in [3.05, 3.63) is 58.7 Å². The topological polar surface area (TPSA) is 43.1 Å². The van der Waals surface area contributed by atoms with E-state index in [1.165, 1.54) is 12.1 Å². The van der Waals surface area contributed by atoms with Crippen molar-refractivity contribution in [2.24, 2.45) is 11.7 Å². The second-order valence-corrected chi connectivity index (χ2v) is 6.60. The molecular formula is C20H23F2NO. The number of carbonyl (C=O) groups excluding carboxylic acids is 1. The molecule has 0 aliphatic heterocycles. The molecule has 1 amide bonds. The van der Waals surface area contributed by atoms with Crippen molar-refractivity contribution in [1.29, 1.82) is 0 Å². The maximum atomic E-state index is 14.3. The average molecular weight is 331 g/mol. The van der Waals surface area contributed by atoms with Crippen molar-refractivity contribution in [2.75, 3.05) is 0 Å². The van der Waals surface area contributed by atoms with Crippen LogP contribution < -0.4 is 5.73 Å². The summed E-state index contributed by atoms with van der Waals surface area (Å²) in [6.45, 7) is 5.97. The third kappa shape index (κ3) is 4.19. The fourth-order valence-electron chi connectivity index (χ4n) is 2.83. The summed E-state index contributed by atoms with van der Waals surface area (Å²) in [4.78, 5) is 11.2. The van der Waals surface area contributed by atoms with Crippen LogP contribution in [0.15, 0.2) is 30.3 Å². The number of benzene rings is 2. The Labute approximate surface area is 141 Å². The number of hydrogen-bond donors (Lipinski definition) is 1. The summed E-state index contributed by atoms with van der Waals surface area (Å²) in [6.07, 6.45) is 2.10. The first-order valence-corrected chi connectivity index (χ1v) is 8.18. The van der Waals surface area contributed by atoms with Gasteiger partial charge in [0.25, 0.3) is 0 Å². The number of nitrogens with two attached hydrogens (primary N) is 1. The molecule has 0 aromatic heterocycles. The highest BCUT2D eigenvalue weighted by Gasteiger charge is 2.14. The molecule has 0 aliphatic carbocycles. The first-order chi connectivity index (χ1) is 11.3. The second kappa shape index (κ2) is 7.56. The van der Waals surface area contributed by atoms with Crippen LogP contribution in [-0.4, -0.2) is 5.91 Å². The zero-order valence-corrected chi connectivity index (χ0v) is 14.3. The summed E-state index contributed by atoms with van der Waals surface area (Å²) in [5, 5.41) is 0. The zero-order chi connectivity index (χ0) is 17.9. The Kier molecular flexibility index (Phi) is 5.71. The Bertz CT molecular complexity index is 730. The summed E-state index contributed by atoms with van der Waals surface area (Å²) >= 11 is 0. The molecule has 2 nitrogen and oxygen atoms in total. The van der Waals surface area contributed by atoms with Crippen molar-refractivity contribution in [3.8, 4) is 11.1 Å². The first-order valence-electron chi connectivity index (χ1n) is 8.18. The van der Waals surface area contributed by atoms with E-state index in [2.05, 4.69) is 13.8 Å². The largest absolute Gasteiger partial charge is 0.366 e. The summed E-state index contributed by atoms with van der Waals surface area (Å²) in [7, 11) is 0. The van der Waals surface area contributed by atoms with Crippen molar-refractivity contribution >= 4 is 5.91 Å². The molecule has 128 valence electrons. The van der Waals surface area contributed by atoms with Gasteiger partial charge in [0.2, 0.25) is 5.91 Å². The van der Waals surface area contributed by atoms with E-state index in [0.717, 1.165) is 18.4 Å². The molecule has 0 saturated heterocycles. The van der Waals surface area contributed by atoms with Gasteiger partial charge >= 0.3 is 0 Å². The lowest BCUT2D eigenvalue weighted by atomic mass is 9.95. The van der Waals surface area contributed by atoms with Crippen molar-refractivity contribution in [2.45, 2.75) is 40.0 Å². The third-order valence-electron chi connectivity index (χ3n) is 4.17. The molecule has 0 radical (unpaired) electrons. The molecule has 2 aromatic rings. The number of primary amides is 1. The molecule has 0 unspecified atom stereocenters. The van der Waals surface area contributed by atoms with E-state index < -0.39 is 17.5 Å². The number of hydrogen-bond acceptors (Lipinski definition) is 1. The Morgan fingerprint density at radius 3 is 2.25 bits per heavy atom. The van der Waals surface area contributed by atoms with Crippen molar-refractivity contribution < 1.29 is 13.6 Å². The summed E-state index contributed by atoms with van der Waals surface area (Å²) in [5.74, 6) is -1.05. The number of carbonyl (C=O) groups is 1.